The molecule has 1 aliphatic heterocycles. The first-order valence-corrected chi connectivity index (χ1v) is 6.94. The Bertz CT molecular complexity index is 501. The van der Waals surface area contributed by atoms with Gasteiger partial charge in [-0.15, -0.1) is 0 Å². The Balaban J connectivity index is 1.95. The van der Waals surface area contributed by atoms with Crippen LogP contribution in [-0.2, 0) is 4.74 Å². The fourth-order valence-electron chi connectivity index (χ4n) is 2.20. The van der Waals surface area contributed by atoms with Gasteiger partial charge in [-0.25, -0.2) is 19.2 Å². The van der Waals surface area contributed by atoms with E-state index >= 15 is 0 Å². The summed E-state index contributed by atoms with van der Waals surface area (Å²) in [6.07, 6.45) is 2.77. The lowest BCUT2D eigenvalue weighted by Gasteiger charge is -2.26. The molecule has 0 saturated carbocycles. The third-order valence-corrected chi connectivity index (χ3v) is 3.28. The van der Waals surface area contributed by atoms with Crippen molar-refractivity contribution in [2.45, 2.75) is 38.8 Å². The molecule has 0 aromatic carbocycles. The van der Waals surface area contributed by atoms with Gasteiger partial charge < -0.3 is 14.5 Å². The Hall–Kier alpha value is -1.92. The fourth-order valence-corrected chi connectivity index (χ4v) is 2.20. The number of rotatable bonds is 2. The predicted octanol–water partition coefficient (Wildman–Crippen LogP) is 2.06. The molecule has 0 N–H and O–H groups in total. The summed E-state index contributed by atoms with van der Waals surface area (Å²) in [5, 5.41) is 0. The maximum Gasteiger partial charge on any atom is 0.410 e. The van der Waals surface area contributed by atoms with E-state index in [1.807, 2.05) is 32.7 Å². The quantitative estimate of drug-likeness (QED) is 0.836. The highest BCUT2D eigenvalue weighted by molar-refractivity contribution is 5.68. The smallest absolute Gasteiger partial charge is 0.410 e. The zero-order valence-corrected chi connectivity index (χ0v) is 12.8. The van der Waals surface area contributed by atoms with Crippen molar-refractivity contribution in [3.05, 3.63) is 18.2 Å². The Labute approximate surface area is 123 Å². The predicted molar refractivity (Wildman–Crippen MR) is 76.6 cm³/mol. The van der Waals surface area contributed by atoms with Crippen LogP contribution in [0.1, 0.15) is 27.2 Å². The fraction of sp³-hybridized carbons (Fsp3) is 0.643. The molecule has 1 aromatic rings. The van der Waals surface area contributed by atoms with Crippen LogP contribution >= 0.6 is 0 Å². The number of aromatic nitrogens is 2. The number of carbonyl (C=O) groups excluding carboxylic acids is 1. The van der Waals surface area contributed by atoms with Crippen molar-refractivity contribution in [1.82, 2.24) is 14.9 Å². The third-order valence-electron chi connectivity index (χ3n) is 3.28. The van der Waals surface area contributed by atoms with Crippen LogP contribution in [0.15, 0.2) is 12.4 Å². The minimum Gasteiger partial charge on any atom is -0.444 e. The molecule has 7 heteroatoms. The van der Waals surface area contributed by atoms with Crippen LogP contribution in [-0.4, -0.2) is 52.7 Å². The maximum atomic E-state index is 12.8. The number of hydrogen-bond donors (Lipinski definition) is 0. The number of carbonyl (C=O) groups is 1. The highest BCUT2D eigenvalue weighted by Gasteiger charge is 2.32. The van der Waals surface area contributed by atoms with Crippen molar-refractivity contribution in [3.63, 3.8) is 0 Å². The molecule has 2 rings (SSSR count). The Morgan fingerprint density at radius 2 is 2.05 bits per heavy atom. The van der Waals surface area contributed by atoms with Gasteiger partial charge in [-0.2, -0.15) is 0 Å². The minimum absolute atomic E-state index is 0.1000. The first kappa shape index (κ1) is 15.5. The van der Waals surface area contributed by atoms with Gasteiger partial charge in [0.2, 0.25) is 5.95 Å². The molecule has 0 bridgehead atoms. The van der Waals surface area contributed by atoms with Gasteiger partial charge in [0.05, 0.1) is 18.4 Å². The summed E-state index contributed by atoms with van der Waals surface area (Å²) in [6.45, 7) is 6.71. The van der Waals surface area contributed by atoms with E-state index < -0.39 is 11.4 Å². The van der Waals surface area contributed by atoms with E-state index in [1.54, 1.807) is 4.90 Å². The van der Waals surface area contributed by atoms with Gasteiger partial charge in [0.15, 0.2) is 5.82 Å². The van der Waals surface area contributed by atoms with E-state index in [2.05, 4.69) is 9.97 Å². The molecule has 0 aliphatic carbocycles. The van der Waals surface area contributed by atoms with Crippen LogP contribution in [0.4, 0.5) is 15.1 Å². The SMILES string of the molecule is CN(c1ncc(F)cn1)[C@H]1CCN(C(=O)OC(C)(C)C)C1. The summed E-state index contributed by atoms with van der Waals surface area (Å²) in [5.74, 6) is -0.0126. The van der Waals surface area contributed by atoms with Crippen molar-refractivity contribution >= 4 is 12.0 Å². The zero-order chi connectivity index (χ0) is 15.6. The van der Waals surface area contributed by atoms with Crippen molar-refractivity contribution in [3.8, 4) is 0 Å². The van der Waals surface area contributed by atoms with E-state index in [0.717, 1.165) is 18.8 Å². The molecule has 2 heterocycles. The lowest BCUT2D eigenvalue weighted by Crippen LogP contribution is -2.39. The number of anilines is 1. The number of ether oxygens (including phenoxy) is 1. The minimum atomic E-state index is -0.499. The van der Waals surface area contributed by atoms with Crippen LogP contribution in [0.25, 0.3) is 0 Å². The van der Waals surface area contributed by atoms with E-state index in [9.17, 15) is 9.18 Å². The second kappa shape index (κ2) is 5.83. The third kappa shape index (κ3) is 4.03. The first-order valence-electron chi connectivity index (χ1n) is 6.94. The molecule has 1 aliphatic rings. The zero-order valence-electron chi connectivity index (χ0n) is 12.8. The van der Waals surface area contributed by atoms with Gasteiger partial charge in [-0.05, 0) is 27.2 Å². The van der Waals surface area contributed by atoms with Gasteiger partial charge in [0.1, 0.15) is 5.60 Å². The molecule has 1 saturated heterocycles. The maximum absolute atomic E-state index is 12.8. The molecule has 1 atom stereocenters. The van der Waals surface area contributed by atoms with Crippen LogP contribution < -0.4 is 4.90 Å². The number of nitrogens with zero attached hydrogens (tertiary/aromatic N) is 4. The van der Waals surface area contributed by atoms with Gasteiger partial charge in [0.25, 0.3) is 0 Å². The molecule has 0 spiro atoms. The Morgan fingerprint density at radius 3 is 2.62 bits per heavy atom. The lowest BCUT2D eigenvalue weighted by molar-refractivity contribution is 0.0292. The second-order valence-corrected chi connectivity index (χ2v) is 6.18. The van der Waals surface area contributed by atoms with Crippen LogP contribution in [0, 0.1) is 5.82 Å². The number of amides is 1. The molecule has 6 nitrogen and oxygen atoms in total. The van der Waals surface area contributed by atoms with Crippen LogP contribution in [0.2, 0.25) is 0 Å². The number of likely N-dealkylation sites (tertiary alicyclic amines) is 1. The molecule has 1 amide bonds. The van der Waals surface area contributed by atoms with Crippen LogP contribution in [0.5, 0.6) is 0 Å². The largest absolute Gasteiger partial charge is 0.444 e. The molecule has 0 radical (unpaired) electrons. The summed E-state index contributed by atoms with van der Waals surface area (Å²) < 4.78 is 18.2. The molecule has 1 fully saturated rings. The Kier molecular flexibility index (Phi) is 4.29. The second-order valence-electron chi connectivity index (χ2n) is 6.18. The molecule has 0 unspecified atom stereocenters. The van der Waals surface area contributed by atoms with Crippen molar-refractivity contribution in [1.29, 1.82) is 0 Å². The summed E-state index contributed by atoms with van der Waals surface area (Å²) in [6, 6.07) is 0.1000. The number of halogens is 1. The van der Waals surface area contributed by atoms with Crippen LogP contribution in [0.3, 0.4) is 0 Å². The topological polar surface area (TPSA) is 58.6 Å². The van der Waals surface area contributed by atoms with E-state index in [1.165, 1.54) is 0 Å². The van der Waals surface area contributed by atoms with Crippen molar-refractivity contribution in [2.75, 3.05) is 25.0 Å². The van der Waals surface area contributed by atoms with Gasteiger partial charge in [0, 0.05) is 20.1 Å². The summed E-state index contributed by atoms with van der Waals surface area (Å²) >= 11 is 0. The standard InChI is InChI=1S/C14H21FN4O2/c1-14(2,3)21-13(20)19-6-5-11(9-19)18(4)12-16-7-10(15)8-17-12/h7-8,11H,5-6,9H2,1-4H3/t11-/m0/s1. The highest BCUT2D eigenvalue weighted by atomic mass is 19.1. The molecule has 21 heavy (non-hydrogen) atoms. The highest BCUT2D eigenvalue weighted by Crippen LogP contribution is 2.20. The Morgan fingerprint density at radius 1 is 1.43 bits per heavy atom. The lowest BCUT2D eigenvalue weighted by atomic mass is 10.2. The summed E-state index contributed by atoms with van der Waals surface area (Å²) in [4.78, 5) is 23.5. The van der Waals surface area contributed by atoms with Gasteiger partial charge in [-0.1, -0.05) is 0 Å². The average Bonchev–Trinajstić information content (AvgIpc) is 2.86. The molecule has 1 aromatic heterocycles. The van der Waals surface area contributed by atoms with E-state index in [4.69, 9.17) is 4.74 Å². The number of hydrogen-bond acceptors (Lipinski definition) is 5. The van der Waals surface area contributed by atoms with Crippen molar-refractivity contribution < 1.29 is 13.9 Å². The molecule has 116 valence electrons. The summed E-state index contributed by atoms with van der Waals surface area (Å²) in [5.41, 5.74) is -0.499. The van der Waals surface area contributed by atoms with Gasteiger partial charge >= 0.3 is 6.09 Å². The van der Waals surface area contributed by atoms with E-state index in [0.29, 0.717) is 19.0 Å². The monoisotopic (exact) mass is 296 g/mol. The molecular formula is C14H21FN4O2. The van der Waals surface area contributed by atoms with E-state index in [-0.39, 0.29) is 12.1 Å². The number of likely N-dealkylation sites (N-methyl/N-ethyl adjacent to an activating group) is 1. The first-order chi connectivity index (χ1) is 9.76. The van der Waals surface area contributed by atoms with Gasteiger partial charge in [-0.3, -0.25) is 0 Å². The average molecular weight is 296 g/mol. The normalized spacial score (nSPS) is 18.7. The molecular weight excluding hydrogens is 275 g/mol. The summed E-state index contributed by atoms with van der Waals surface area (Å²) in [7, 11) is 1.84. The van der Waals surface area contributed by atoms with Crippen molar-refractivity contribution in [2.24, 2.45) is 0 Å².